The van der Waals surface area contributed by atoms with Crippen molar-refractivity contribution in [3.05, 3.63) is 23.3 Å². The van der Waals surface area contributed by atoms with Gasteiger partial charge in [0.05, 0.1) is 12.2 Å². The van der Waals surface area contributed by atoms with Gasteiger partial charge in [-0.3, -0.25) is 0 Å². The molecule has 2 rings (SSSR count). The van der Waals surface area contributed by atoms with Gasteiger partial charge < -0.3 is 9.84 Å². The highest BCUT2D eigenvalue weighted by atomic mass is 32.3. The van der Waals surface area contributed by atoms with E-state index in [9.17, 15) is 9.90 Å². The van der Waals surface area contributed by atoms with Gasteiger partial charge in [0, 0.05) is 4.90 Å². The molecule has 0 fully saturated rings. The third kappa shape index (κ3) is 2.41. The van der Waals surface area contributed by atoms with Crippen molar-refractivity contribution < 1.29 is 14.6 Å². The van der Waals surface area contributed by atoms with Crippen molar-refractivity contribution in [2.24, 2.45) is 0 Å². The minimum absolute atomic E-state index is 0.441. The average Bonchev–Trinajstić information content (AvgIpc) is 2.26. The van der Waals surface area contributed by atoms with Gasteiger partial charge in [-0.15, -0.1) is 0 Å². The van der Waals surface area contributed by atoms with Crippen LogP contribution in [-0.4, -0.2) is 36.5 Å². The van der Waals surface area contributed by atoms with Crippen molar-refractivity contribution in [2.45, 2.75) is 17.7 Å². The Morgan fingerprint density at radius 1 is 1.35 bits per heavy atom. The van der Waals surface area contributed by atoms with E-state index in [1.54, 1.807) is 6.07 Å². The van der Waals surface area contributed by atoms with E-state index in [0.717, 1.165) is 35.7 Å². The van der Waals surface area contributed by atoms with Crippen molar-refractivity contribution in [3.8, 4) is 5.75 Å². The Labute approximate surface area is 103 Å². The number of carboxylic acids is 1. The molecule has 0 unspecified atom stereocenters. The molecule has 1 aliphatic rings. The number of carbonyl (C=O) groups is 1. The highest BCUT2D eigenvalue weighted by molar-refractivity contribution is 8.32. The van der Waals surface area contributed by atoms with Crippen LogP contribution in [0.15, 0.2) is 17.0 Å². The topological polar surface area (TPSA) is 46.5 Å². The zero-order chi connectivity index (χ0) is 12.6. The van der Waals surface area contributed by atoms with E-state index in [0.29, 0.717) is 5.56 Å². The normalized spacial score (nSPS) is 15.9. The van der Waals surface area contributed by atoms with Gasteiger partial charge in [0.2, 0.25) is 0 Å². The standard InChI is InChI=1S/C13H18O3S/c1-17(2,3)12-8-11-9(5-4-6-16-11)7-10(12)13(14)15/h7-8H,4-6H2,1-3H3,(H,14,15). The summed E-state index contributed by atoms with van der Waals surface area (Å²) in [5, 5.41) is 9.30. The minimum Gasteiger partial charge on any atom is -0.493 e. The van der Waals surface area contributed by atoms with E-state index in [1.165, 1.54) is 0 Å². The molecule has 0 bridgehead atoms. The van der Waals surface area contributed by atoms with E-state index in [-0.39, 0.29) is 0 Å². The lowest BCUT2D eigenvalue weighted by molar-refractivity contribution is 0.0692. The Hall–Kier alpha value is -1.16. The van der Waals surface area contributed by atoms with Gasteiger partial charge in [-0.05, 0) is 49.3 Å². The zero-order valence-electron chi connectivity index (χ0n) is 10.4. The fourth-order valence-corrected chi connectivity index (χ4v) is 3.32. The van der Waals surface area contributed by atoms with Crippen LogP contribution in [0.3, 0.4) is 0 Å². The van der Waals surface area contributed by atoms with Crippen molar-refractivity contribution in [3.63, 3.8) is 0 Å². The Morgan fingerprint density at radius 3 is 2.65 bits per heavy atom. The number of aromatic carboxylic acids is 1. The van der Waals surface area contributed by atoms with Crippen molar-refractivity contribution in [1.29, 1.82) is 0 Å². The summed E-state index contributed by atoms with van der Waals surface area (Å²) in [6, 6.07) is 3.73. The van der Waals surface area contributed by atoms with Gasteiger partial charge in [0.25, 0.3) is 0 Å². The zero-order valence-corrected chi connectivity index (χ0v) is 11.3. The lowest BCUT2D eigenvalue weighted by Crippen LogP contribution is -2.12. The van der Waals surface area contributed by atoms with Crippen LogP contribution in [0.2, 0.25) is 0 Å². The van der Waals surface area contributed by atoms with E-state index in [1.807, 2.05) is 6.07 Å². The second kappa shape index (κ2) is 4.26. The maximum atomic E-state index is 11.3. The van der Waals surface area contributed by atoms with Gasteiger partial charge >= 0.3 is 5.97 Å². The maximum absolute atomic E-state index is 11.3. The quantitative estimate of drug-likeness (QED) is 0.882. The minimum atomic E-state index is -1.07. The molecule has 0 spiro atoms. The van der Waals surface area contributed by atoms with Crippen LogP contribution in [0.25, 0.3) is 0 Å². The largest absolute Gasteiger partial charge is 0.493 e. The molecule has 0 saturated carbocycles. The first-order chi connectivity index (χ1) is 7.89. The van der Waals surface area contributed by atoms with Crippen LogP contribution >= 0.6 is 10.0 Å². The monoisotopic (exact) mass is 254 g/mol. The molecule has 0 aliphatic carbocycles. The second-order valence-electron chi connectivity index (χ2n) is 5.05. The molecule has 1 N–H and O–H groups in total. The van der Waals surface area contributed by atoms with Gasteiger partial charge in [-0.2, -0.15) is 0 Å². The summed E-state index contributed by atoms with van der Waals surface area (Å²) in [7, 11) is -1.07. The first-order valence-electron chi connectivity index (χ1n) is 5.61. The van der Waals surface area contributed by atoms with Crippen molar-refractivity contribution in [1.82, 2.24) is 0 Å². The molecule has 1 aromatic carbocycles. The summed E-state index contributed by atoms with van der Waals surface area (Å²) in [6.07, 6.45) is 8.18. The lowest BCUT2D eigenvalue weighted by Gasteiger charge is -2.29. The summed E-state index contributed by atoms with van der Waals surface area (Å²) in [5.41, 5.74) is 1.47. The molecule has 0 radical (unpaired) electrons. The van der Waals surface area contributed by atoms with Crippen LogP contribution in [0.1, 0.15) is 22.3 Å². The van der Waals surface area contributed by atoms with Crippen LogP contribution in [0.4, 0.5) is 0 Å². The molecule has 0 amide bonds. The molecular formula is C13H18O3S. The highest BCUT2D eigenvalue weighted by Crippen LogP contribution is 2.49. The Kier molecular flexibility index (Phi) is 3.08. The fourth-order valence-electron chi connectivity index (χ4n) is 2.05. The van der Waals surface area contributed by atoms with Crippen LogP contribution < -0.4 is 4.74 Å². The van der Waals surface area contributed by atoms with E-state index in [4.69, 9.17) is 4.74 Å². The molecule has 0 aromatic heterocycles. The summed E-state index contributed by atoms with van der Waals surface area (Å²) in [4.78, 5) is 12.2. The molecule has 94 valence electrons. The van der Waals surface area contributed by atoms with E-state index >= 15 is 0 Å². The van der Waals surface area contributed by atoms with Gasteiger partial charge in [0.15, 0.2) is 0 Å². The maximum Gasteiger partial charge on any atom is 0.336 e. The number of hydrogen-bond donors (Lipinski definition) is 1. The third-order valence-corrected chi connectivity index (χ3v) is 4.56. The summed E-state index contributed by atoms with van der Waals surface area (Å²) in [6.45, 7) is 0.734. The summed E-state index contributed by atoms with van der Waals surface area (Å²) < 4.78 is 5.61. The second-order valence-corrected chi connectivity index (χ2v) is 9.16. The fraction of sp³-hybridized carbons (Fsp3) is 0.462. The lowest BCUT2D eigenvalue weighted by atomic mass is 10.0. The molecule has 3 nitrogen and oxygen atoms in total. The molecular weight excluding hydrogens is 236 g/mol. The molecule has 4 heteroatoms. The SMILES string of the molecule is CS(C)(C)c1cc2c(cc1C(=O)O)CCCO2. The summed E-state index contributed by atoms with van der Waals surface area (Å²) in [5.74, 6) is 0.0365. The van der Waals surface area contributed by atoms with Crippen LogP contribution in [0.5, 0.6) is 5.75 Å². The van der Waals surface area contributed by atoms with Crippen LogP contribution in [0, 0.1) is 0 Å². The number of benzene rings is 1. The number of aryl methyl sites for hydroxylation is 1. The number of ether oxygens (including phenoxy) is 1. The van der Waals surface area contributed by atoms with Crippen molar-refractivity contribution in [2.75, 3.05) is 25.4 Å². The smallest absolute Gasteiger partial charge is 0.336 e. The molecule has 1 aromatic rings. The Morgan fingerprint density at radius 2 is 2.06 bits per heavy atom. The number of hydrogen-bond acceptors (Lipinski definition) is 2. The number of rotatable bonds is 2. The van der Waals surface area contributed by atoms with Gasteiger partial charge in [-0.1, -0.05) is 0 Å². The van der Waals surface area contributed by atoms with Crippen LogP contribution in [-0.2, 0) is 6.42 Å². The first-order valence-corrected chi connectivity index (χ1v) is 8.47. The molecule has 0 saturated heterocycles. The average molecular weight is 254 g/mol. The Bertz CT molecular complexity index is 460. The number of fused-ring (bicyclic) bond motifs is 1. The van der Waals surface area contributed by atoms with Gasteiger partial charge in [0.1, 0.15) is 5.75 Å². The first kappa shape index (κ1) is 12.3. The molecule has 0 atom stereocenters. The van der Waals surface area contributed by atoms with E-state index < -0.39 is 16.0 Å². The predicted molar refractivity (Wildman–Crippen MR) is 70.8 cm³/mol. The van der Waals surface area contributed by atoms with E-state index in [2.05, 4.69) is 18.8 Å². The molecule has 1 heterocycles. The number of carboxylic acid groups (broad SMARTS) is 1. The summed E-state index contributed by atoms with van der Waals surface area (Å²) >= 11 is 0. The van der Waals surface area contributed by atoms with Gasteiger partial charge in [-0.25, -0.2) is 14.8 Å². The predicted octanol–water partition coefficient (Wildman–Crippen LogP) is 2.76. The highest BCUT2D eigenvalue weighted by Gasteiger charge is 2.22. The van der Waals surface area contributed by atoms with Crippen molar-refractivity contribution >= 4 is 16.0 Å². The third-order valence-electron chi connectivity index (χ3n) is 2.90. The molecule has 1 aliphatic heterocycles. The Balaban J connectivity index is 2.60. The molecule has 17 heavy (non-hydrogen) atoms.